The van der Waals surface area contributed by atoms with Crippen LogP contribution < -0.4 is 0 Å². The lowest BCUT2D eigenvalue weighted by atomic mass is 9.94. The number of rotatable bonds is 6. The second kappa shape index (κ2) is 13.6. The number of furan rings is 1. The third-order valence-electron chi connectivity index (χ3n) is 10.9. The summed E-state index contributed by atoms with van der Waals surface area (Å²) in [5.41, 5.74) is 11.1. The van der Waals surface area contributed by atoms with E-state index in [0.717, 1.165) is 60.9 Å². The van der Waals surface area contributed by atoms with Crippen LogP contribution in [0.5, 0.6) is 0 Å². The third-order valence-corrected chi connectivity index (χ3v) is 10.9. The van der Waals surface area contributed by atoms with Gasteiger partial charge in [0.25, 0.3) is 0 Å². The summed E-state index contributed by atoms with van der Waals surface area (Å²) >= 11 is 0. The maximum atomic E-state index is 6.55. The Bertz CT molecular complexity index is 3270. The van der Waals surface area contributed by atoms with Crippen molar-refractivity contribution in [3.8, 4) is 67.5 Å². The molecule has 9 aromatic carbocycles. The minimum atomic E-state index is 0.577. The van der Waals surface area contributed by atoms with Crippen molar-refractivity contribution in [3.63, 3.8) is 0 Å². The van der Waals surface area contributed by atoms with E-state index >= 15 is 0 Å². The van der Waals surface area contributed by atoms with Gasteiger partial charge in [-0.3, -0.25) is 0 Å². The van der Waals surface area contributed by atoms with Crippen molar-refractivity contribution < 1.29 is 4.42 Å². The lowest BCUT2D eigenvalue weighted by Crippen LogP contribution is -2.00. The van der Waals surface area contributed by atoms with Crippen molar-refractivity contribution >= 4 is 43.5 Å². The fourth-order valence-electron chi connectivity index (χ4n) is 8.05. The molecule has 0 fully saturated rings. The summed E-state index contributed by atoms with van der Waals surface area (Å²) in [5, 5.41) is 7.04. The van der Waals surface area contributed by atoms with E-state index in [1.165, 1.54) is 32.7 Å². The topological polar surface area (TPSA) is 51.8 Å². The molecule has 4 heteroatoms. The van der Waals surface area contributed by atoms with Gasteiger partial charge in [-0.2, -0.15) is 0 Å². The largest absolute Gasteiger partial charge is 0.456 e. The summed E-state index contributed by atoms with van der Waals surface area (Å²) in [6.45, 7) is 0. The van der Waals surface area contributed by atoms with Crippen LogP contribution in [0.2, 0.25) is 0 Å². The van der Waals surface area contributed by atoms with Crippen LogP contribution in [-0.2, 0) is 0 Å². The van der Waals surface area contributed by atoms with Crippen LogP contribution in [0.1, 0.15) is 0 Å². The Morgan fingerprint density at radius 2 is 0.825 bits per heavy atom. The Labute approximate surface area is 329 Å². The Morgan fingerprint density at radius 1 is 0.281 bits per heavy atom. The van der Waals surface area contributed by atoms with Gasteiger partial charge in [0.15, 0.2) is 17.5 Å². The zero-order chi connectivity index (χ0) is 37.7. The van der Waals surface area contributed by atoms with Crippen molar-refractivity contribution in [1.29, 1.82) is 0 Å². The Balaban J connectivity index is 1.05. The molecule has 0 unspecified atom stereocenters. The van der Waals surface area contributed by atoms with Crippen LogP contribution in [-0.4, -0.2) is 15.0 Å². The van der Waals surface area contributed by atoms with Gasteiger partial charge in [-0.15, -0.1) is 0 Å². The highest BCUT2D eigenvalue weighted by atomic mass is 16.3. The molecule has 0 radical (unpaired) electrons. The number of aromatic nitrogens is 3. The van der Waals surface area contributed by atoms with Crippen molar-refractivity contribution in [1.82, 2.24) is 15.0 Å². The summed E-state index contributed by atoms with van der Waals surface area (Å²) in [6.07, 6.45) is 0. The van der Waals surface area contributed by atoms with Gasteiger partial charge in [-0.05, 0) is 79.2 Å². The summed E-state index contributed by atoms with van der Waals surface area (Å²) in [6, 6.07) is 70.0. The van der Waals surface area contributed by atoms with E-state index in [0.29, 0.717) is 17.5 Å². The number of nitrogens with zero attached hydrogens (tertiary/aromatic N) is 3. The Kier molecular flexibility index (Phi) is 7.78. The molecule has 0 aliphatic rings. The van der Waals surface area contributed by atoms with E-state index in [4.69, 9.17) is 19.4 Å². The molecule has 57 heavy (non-hydrogen) atoms. The highest BCUT2D eigenvalue weighted by Gasteiger charge is 2.19. The highest BCUT2D eigenvalue weighted by molar-refractivity contribution is 6.13. The quantitative estimate of drug-likeness (QED) is 0.171. The van der Waals surface area contributed by atoms with Crippen LogP contribution in [0.3, 0.4) is 0 Å². The lowest BCUT2D eigenvalue weighted by molar-refractivity contribution is 0.669. The molecule has 0 amide bonds. The van der Waals surface area contributed by atoms with Gasteiger partial charge in [0.05, 0.1) is 0 Å². The van der Waals surface area contributed by atoms with Crippen molar-refractivity contribution in [2.24, 2.45) is 0 Å². The first-order chi connectivity index (χ1) is 28.2. The first kappa shape index (κ1) is 32.7. The minimum Gasteiger partial charge on any atom is -0.456 e. The maximum absolute atomic E-state index is 6.55. The molecule has 0 aliphatic carbocycles. The average Bonchev–Trinajstić information content (AvgIpc) is 3.67. The number of hydrogen-bond acceptors (Lipinski definition) is 4. The van der Waals surface area contributed by atoms with Gasteiger partial charge >= 0.3 is 0 Å². The second-order valence-corrected chi connectivity index (χ2v) is 14.4. The molecule has 11 aromatic rings. The van der Waals surface area contributed by atoms with Crippen molar-refractivity contribution in [3.05, 3.63) is 200 Å². The SMILES string of the molecule is c1ccc(-c2nc(-c3ccc(-c4cccc5ccccc45)cc3)nc(-c3cc(-c4ccc(-c5ccc6ccccc6c5)cc4)c4c(c3)oc3ccccc34)n2)cc1. The fraction of sp³-hybridized carbons (Fsp3) is 0. The molecule has 4 nitrogen and oxygen atoms in total. The van der Waals surface area contributed by atoms with Gasteiger partial charge in [0.1, 0.15) is 11.2 Å². The van der Waals surface area contributed by atoms with Crippen LogP contribution >= 0.6 is 0 Å². The molecule has 0 N–H and O–H groups in total. The summed E-state index contributed by atoms with van der Waals surface area (Å²) in [5.74, 6) is 1.79. The number of para-hydroxylation sites is 1. The molecule has 0 atom stereocenters. The smallest absolute Gasteiger partial charge is 0.164 e. The monoisotopic (exact) mass is 727 g/mol. The molecule has 2 aromatic heterocycles. The van der Waals surface area contributed by atoms with E-state index in [1.807, 2.05) is 42.5 Å². The van der Waals surface area contributed by atoms with E-state index in [1.54, 1.807) is 0 Å². The molecule has 0 bridgehead atoms. The molecule has 0 aliphatic heterocycles. The summed E-state index contributed by atoms with van der Waals surface area (Å²) < 4.78 is 6.55. The average molecular weight is 728 g/mol. The zero-order valence-corrected chi connectivity index (χ0v) is 30.8. The van der Waals surface area contributed by atoms with Crippen LogP contribution in [0.15, 0.2) is 205 Å². The second-order valence-electron chi connectivity index (χ2n) is 14.4. The summed E-state index contributed by atoms with van der Waals surface area (Å²) in [4.78, 5) is 15.3. The Hall–Kier alpha value is -7.69. The normalized spacial score (nSPS) is 11.5. The van der Waals surface area contributed by atoms with E-state index in [2.05, 4.69) is 158 Å². The van der Waals surface area contributed by atoms with E-state index in [-0.39, 0.29) is 0 Å². The molecule has 2 heterocycles. The van der Waals surface area contributed by atoms with Crippen molar-refractivity contribution in [2.45, 2.75) is 0 Å². The van der Waals surface area contributed by atoms with Gasteiger partial charge in [0, 0.05) is 27.5 Å². The minimum absolute atomic E-state index is 0.577. The van der Waals surface area contributed by atoms with E-state index < -0.39 is 0 Å². The van der Waals surface area contributed by atoms with Gasteiger partial charge in [-0.25, -0.2) is 15.0 Å². The molecule has 266 valence electrons. The zero-order valence-electron chi connectivity index (χ0n) is 30.8. The van der Waals surface area contributed by atoms with Gasteiger partial charge in [-0.1, -0.05) is 176 Å². The van der Waals surface area contributed by atoms with Crippen LogP contribution in [0.25, 0.3) is 111 Å². The van der Waals surface area contributed by atoms with Crippen molar-refractivity contribution in [2.75, 3.05) is 0 Å². The molecule has 0 saturated heterocycles. The number of fused-ring (bicyclic) bond motifs is 5. The van der Waals surface area contributed by atoms with Gasteiger partial charge in [0.2, 0.25) is 0 Å². The lowest BCUT2D eigenvalue weighted by Gasteiger charge is -2.12. The molecule has 11 rings (SSSR count). The van der Waals surface area contributed by atoms with Crippen LogP contribution in [0.4, 0.5) is 0 Å². The first-order valence-corrected chi connectivity index (χ1v) is 19.2. The molecular formula is C53H33N3O. The Morgan fingerprint density at radius 3 is 1.60 bits per heavy atom. The maximum Gasteiger partial charge on any atom is 0.164 e. The standard InChI is InChI=1S/C53H33N3O/c1-2-13-39(14-3-1)51-54-52(40-28-26-37(27-29-40)45-19-10-16-36-12-6-7-17-44(36)45)56-53(55-51)43-32-47(50-46-18-8-9-20-48(46)57-49(50)33-43)38-24-21-35(22-25-38)42-30-23-34-11-4-5-15-41(34)31-42/h1-33H. The van der Waals surface area contributed by atoms with Gasteiger partial charge < -0.3 is 4.42 Å². The molecular weight excluding hydrogens is 695 g/mol. The number of benzene rings is 9. The number of hydrogen-bond donors (Lipinski definition) is 0. The predicted octanol–water partition coefficient (Wildman–Crippen LogP) is 14.1. The van der Waals surface area contributed by atoms with E-state index in [9.17, 15) is 0 Å². The molecule has 0 spiro atoms. The fourth-order valence-corrected chi connectivity index (χ4v) is 8.05. The molecule has 0 saturated carbocycles. The first-order valence-electron chi connectivity index (χ1n) is 19.2. The predicted molar refractivity (Wildman–Crippen MR) is 235 cm³/mol. The third kappa shape index (κ3) is 5.92. The summed E-state index contributed by atoms with van der Waals surface area (Å²) in [7, 11) is 0. The van der Waals surface area contributed by atoms with Crippen LogP contribution in [0, 0.1) is 0 Å². The highest BCUT2D eigenvalue weighted by Crippen LogP contribution is 2.41.